The fraction of sp³-hybridized carbons (Fsp3) is 0.476. The summed E-state index contributed by atoms with van der Waals surface area (Å²) >= 11 is 0. The van der Waals surface area contributed by atoms with Crippen LogP contribution >= 0.6 is 0 Å². The van der Waals surface area contributed by atoms with Crippen molar-refractivity contribution >= 4 is 16.8 Å². The molecule has 0 radical (unpaired) electrons. The highest BCUT2D eigenvalue weighted by molar-refractivity contribution is 5.86. The Hall–Kier alpha value is -2.07. The number of likely N-dealkylation sites (tertiary alicyclic amines) is 1. The number of urea groups is 1. The molecule has 134 valence electrons. The van der Waals surface area contributed by atoms with Crippen LogP contribution in [0.5, 0.6) is 0 Å². The van der Waals surface area contributed by atoms with Crippen molar-refractivity contribution in [1.29, 1.82) is 0 Å². The number of fused-ring (bicyclic) bond motifs is 1. The largest absolute Gasteiger partial charge is 0.331 e. The van der Waals surface area contributed by atoms with Gasteiger partial charge in [-0.15, -0.1) is 0 Å². The molecule has 1 atom stereocenters. The molecule has 4 heteroatoms. The number of amides is 2. The van der Waals surface area contributed by atoms with Gasteiger partial charge in [0.2, 0.25) is 0 Å². The lowest BCUT2D eigenvalue weighted by Crippen LogP contribution is -2.50. The Kier molecular flexibility index (Phi) is 5.59. The van der Waals surface area contributed by atoms with Crippen LogP contribution in [0.1, 0.15) is 38.3 Å². The first-order valence-electron chi connectivity index (χ1n) is 9.33. The lowest BCUT2D eigenvalue weighted by Gasteiger charge is -2.37. The van der Waals surface area contributed by atoms with Crippen LogP contribution < -0.4 is 5.32 Å². The molecule has 1 saturated heterocycles. The Morgan fingerprint density at radius 3 is 2.60 bits per heavy atom. The lowest BCUT2D eigenvalue weighted by molar-refractivity contribution is 0.133. The summed E-state index contributed by atoms with van der Waals surface area (Å²) in [4.78, 5) is 17.2. The highest BCUT2D eigenvalue weighted by Gasteiger charge is 2.26. The van der Waals surface area contributed by atoms with Gasteiger partial charge in [0.1, 0.15) is 0 Å². The van der Waals surface area contributed by atoms with E-state index in [-0.39, 0.29) is 12.1 Å². The van der Waals surface area contributed by atoms with Crippen LogP contribution in [0.25, 0.3) is 10.8 Å². The summed E-state index contributed by atoms with van der Waals surface area (Å²) in [5, 5.41) is 5.64. The van der Waals surface area contributed by atoms with Gasteiger partial charge in [0.05, 0.1) is 6.04 Å². The molecule has 3 rings (SSSR count). The number of hydrogen-bond acceptors (Lipinski definition) is 2. The first-order valence-corrected chi connectivity index (χ1v) is 9.33. The predicted molar refractivity (Wildman–Crippen MR) is 104 cm³/mol. The standard InChI is InChI=1S/C21H29N3O/c1-4-24(18-12-14-23(3)15-13-18)21(25)22-16(2)19-11-7-9-17-8-5-6-10-20(17)19/h5-11,16,18H,4,12-15H2,1-3H3,(H,22,25). The van der Waals surface area contributed by atoms with Crippen LogP contribution in [0.4, 0.5) is 4.79 Å². The van der Waals surface area contributed by atoms with Gasteiger partial charge < -0.3 is 15.1 Å². The minimum absolute atomic E-state index is 0.0149. The molecule has 1 N–H and O–H groups in total. The maximum Gasteiger partial charge on any atom is 0.318 e. The van der Waals surface area contributed by atoms with Crippen LogP contribution in [0, 0.1) is 0 Å². The van der Waals surface area contributed by atoms with Gasteiger partial charge in [0.25, 0.3) is 0 Å². The van der Waals surface area contributed by atoms with E-state index in [9.17, 15) is 4.79 Å². The summed E-state index contributed by atoms with van der Waals surface area (Å²) in [5.74, 6) is 0. The van der Waals surface area contributed by atoms with Crippen molar-refractivity contribution in [3.8, 4) is 0 Å². The quantitative estimate of drug-likeness (QED) is 0.913. The molecule has 1 heterocycles. The van der Waals surface area contributed by atoms with E-state index in [4.69, 9.17) is 0 Å². The van der Waals surface area contributed by atoms with Crippen molar-refractivity contribution in [3.63, 3.8) is 0 Å². The molecular formula is C21H29N3O. The summed E-state index contributed by atoms with van der Waals surface area (Å²) in [6.07, 6.45) is 2.11. The van der Waals surface area contributed by atoms with Gasteiger partial charge in [0.15, 0.2) is 0 Å². The van der Waals surface area contributed by atoms with Gasteiger partial charge in [-0.2, -0.15) is 0 Å². The Morgan fingerprint density at radius 1 is 1.20 bits per heavy atom. The van der Waals surface area contributed by atoms with Crippen LogP contribution in [0.2, 0.25) is 0 Å². The van der Waals surface area contributed by atoms with Crippen molar-refractivity contribution in [3.05, 3.63) is 48.0 Å². The minimum atomic E-state index is -0.0149. The van der Waals surface area contributed by atoms with E-state index in [1.807, 2.05) is 11.0 Å². The van der Waals surface area contributed by atoms with Crippen molar-refractivity contribution < 1.29 is 4.79 Å². The van der Waals surface area contributed by atoms with Crippen molar-refractivity contribution in [1.82, 2.24) is 15.1 Å². The summed E-state index contributed by atoms with van der Waals surface area (Å²) in [6.45, 7) is 7.02. The first kappa shape index (κ1) is 17.7. The van der Waals surface area contributed by atoms with Gasteiger partial charge in [-0.25, -0.2) is 4.79 Å². The molecule has 2 aromatic rings. The molecular weight excluding hydrogens is 310 g/mol. The lowest BCUT2D eigenvalue weighted by atomic mass is 9.99. The van der Waals surface area contributed by atoms with E-state index in [0.29, 0.717) is 6.04 Å². The van der Waals surface area contributed by atoms with E-state index >= 15 is 0 Å². The van der Waals surface area contributed by atoms with E-state index in [1.54, 1.807) is 0 Å². The van der Waals surface area contributed by atoms with Gasteiger partial charge in [-0.1, -0.05) is 42.5 Å². The number of rotatable bonds is 4. The SMILES string of the molecule is CCN(C(=O)NC(C)c1cccc2ccccc12)C1CCN(C)CC1. The number of nitrogens with zero attached hydrogens (tertiary/aromatic N) is 2. The summed E-state index contributed by atoms with van der Waals surface area (Å²) in [5.41, 5.74) is 1.17. The number of carbonyl (C=O) groups is 1. The van der Waals surface area contributed by atoms with E-state index in [2.05, 4.69) is 67.5 Å². The number of benzene rings is 2. The Bertz CT molecular complexity index is 717. The molecule has 0 bridgehead atoms. The van der Waals surface area contributed by atoms with E-state index in [1.165, 1.54) is 16.3 Å². The topological polar surface area (TPSA) is 35.6 Å². The smallest absolute Gasteiger partial charge is 0.318 e. The Balaban J connectivity index is 1.72. The molecule has 2 aromatic carbocycles. The van der Waals surface area contributed by atoms with Crippen molar-refractivity contribution in [2.24, 2.45) is 0 Å². The fourth-order valence-electron chi connectivity index (χ4n) is 3.85. The van der Waals surface area contributed by atoms with E-state index in [0.717, 1.165) is 32.5 Å². The molecule has 25 heavy (non-hydrogen) atoms. The maximum atomic E-state index is 12.9. The maximum absolute atomic E-state index is 12.9. The number of nitrogens with one attached hydrogen (secondary N) is 1. The average Bonchev–Trinajstić information content (AvgIpc) is 2.63. The summed E-state index contributed by atoms with van der Waals surface area (Å²) in [7, 11) is 2.15. The second-order valence-corrected chi connectivity index (χ2v) is 7.06. The molecule has 4 nitrogen and oxygen atoms in total. The normalized spacial score (nSPS) is 17.4. The molecule has 2 amide bonds. The van der Waals surface area contributed by atoms with Crippen molar-refractivity contribution in [2.75, 3.05) is 26.7 Å². The van der Waals surface area contributed by atoms with Gasteiger partial charge in [0, 0.05) is 12.6 Å². The summed E-state index contributed by atoms with van der Waals surface area (Å²) in [6, 6.07) is 15.0. The second-order valence-electron chi connectivity index (χ2n) is 7.06. The highest BCUT2D eigenvalue weighted by atomic mass is 16.2. The zero-order valence-electron chi connectivity index (χ0n) is 15.5. The molecule has 1 fully saturated rings. The van der Waals surface area contributed by atoms with Crippen LogP contribution in [0.3, 0.4) is 0 Å². The molecule has 1 aliphatic rings. The zero-order chi connectivity index (χ0) is 17.8. The monoisotopic (exact) mass is 339 g/mol. The van der Waals surface area contributed by atoms with Gasteiger partial charge in [-0.3, -0.25) is 0 Å². The average molecular weight is 339 g/mol. The predicted octanol–water partition coefficient (Wildman–Crippen LogP) is 4.03. The fourth-order valence-corrected chi connectivity index (χ4v) is 3.85. The van der Waals surface area contributed by atoms with Crippen molar-refractivity contribution in [2.45, 2.75) is 38.8 Å². The third-order valence-electron chi connectivity index (χ3n) is 5.36. The third kappa shape index (κ3) is 3.96. The summed E-state index contributed by atoms with van der Waals surface area (Å²) < 4.78 is 0. The van der Waals surface area contributed by atoms with E-state index < -0.39 is 0 Å². The van der Waals surface area contributed by atoms with Crippen LogP contribution in [-0.2, 0) is 0 Å². The molecule has 1 unspecified atom stereocenters. The van der Waals surface area contributed by atoms with Crippen LogP contribution in [0.15, 0.2) is 42.5 Å². The molecule has 0 aliphatic carbocycles. The number of carbonyl (C=O) groups excluding carboxylic acids is 1. The number of piperidine rings is 1. The molecule has 0 spiro atoms. The first-order chi connectivity index (χ1) is 12.1. The van der Waals surface area contributed by atoms with Gasteiger partial charge in [-0.05, 0) is 63.2 Å². The second kappa shape index (κ2) is 7.87. The number of hydrogen-bond donors (Lipinski definition) is 1. The molecule has 0 aromatic heterocycles. The van der Waals surface area contributed by atoms with Gasteiger partial charge >= 0.3 is 6.03 Å². The highest BCUT2D eigenvalue weighted by Crippen LogP contribution is 2.24. The Labute approximate surface area is 150 Å². The zero-order valence-corrected chi connectivity index (χ0v) is 15.5. The van der Waals surface area contributed by atoms with Crippen LogP contribution in [-0.4, -0.2) is 48.6 Å². The molecule has 0 saturated carbocycles. The Morgan fingerprint density at radius 2 is 1.88 bits per heavy atom. The molecule has 1 aliphatic heterocycles. The minimum Gasteiger partial charge on any atom is -0.331 e. The third-order valence-corrected chi connectivity index (χ3v) is 5.36.